The molecule has 1 aromatic rings. The number of benzene rings is 1. The summed E-state index contributed by atoms with van der Waals surface area (Å²) in [5.41, 5.74) is 0.933. The van der Waals surface area contributed by atoms with Crippen molar-refractivity contribution >= 4 is 5.91 Å². The lowest BCUT2D eigenvalue weighted by molar-refractivity contribution is -0.161. The van der Waals surface area contributed by atoms with E-state index in [2.05, 4.69) is 4.90 Å². The maximum Gasteiger partial charge on any atom is 0.397 e. The SMILES string of the molecule is CCN(C[C@H]1CCCN(CCc2cccc(F)c2)C1)C(=O)CC(F)(F)F. The summed E-state index contributed by atoms with van der Waals surface area (Å²) >= 11 is 0. The molecule has 0 spiro atoms. The third kappa shape index (κ3) is 6.94. The van der Waals surface area contributed by atoms with Gasteiger partial charge in [-0.25, -0.2) is 4.39 Å². The Hall–Kier alpha value is -1.63. The Morgan fingerprint density at radius 3 is 2.77 bits per heavy atom. The Kier molecular flexibility index (Phi) is 7.43. The number of rotatable bonds is 7. The number of carbonyl (C=O) groups excluding carboxylic acids is 1. The van der Waals surface area contributed by atoms with E-state index in [1.165, 1.54) is 17.0 Å². The fourth-order valence-corrected chi connectivity index (χ4v) is 3.49. The molecule has 0 aromatic heterocycles. The lowest BCUT2D eigenvalue weighted by atomic mass is 9.96. The van der Waals surface area contributed by atoms with Gasteiger partial charge in [-0.05, 0) is 56.3 Å². The minimum absolute atomic E-state index is 0.174. The summed E-state index contributed by atoms with van der Waals surface area (Å²) in [6.45, 7) is 4.82. The minimum Gasteiger partial charge on any atom is -0.342 e. The molecule has 26 heavy (non-hydrogen) atoms. The van der Waals surface area contributed by atoms with E-state index in [-0.39, 0.29) is 18.3 Å². The van der Waals surface area contributed by atoms with Crippen molar-refractivity contribution in [3.05, 3.63) is 35.6 Å². The van der Waals surface area contributed by atoms with E-state index in [0.717, 1.165) is 44.5 Å². The molecule has 0 radical (unpaired) electrons. The lowest BCUT2D eigenvalue weighted by Crippen LogP contribution is -2.44. The molecule has 1 fully saturated rings. The molecular formula is C19H26F4N2O. The summed E-state index contributed by atoms with van der Waals surface area (Å²) in [6.07, 6.45) is -3.26. The van der Waals surface area contributed by atoms with Gasteiger partial charge < -0.3 is 9.80 Å². The predicted molar refractivity (Wildman–Crippen MR) is 92.2 cm³/mol. The van der Waals surface area contributed by atoms with E-state index in [4.69, 9.17) is 0 Å². The van der Waals surface area contributed by atoms with Gasteiger partial charge in [-0.3, -0.25) is 4.79 Å². The molecule has 1 heterocycles. The maximum absolute atomic E-state index is 13.2. The molecule has 146 valence electrons. The fraction of sp³-hybridized carbons (Fsp3) is 0.632. The standard InChI is InChI=1S/C19H26F4N2O/c1-2-25(18(26)12-19(21,22)23)14-16-6-4-9-24(13-16)10-8-15-5-3-7-17(20)11-15/h3,5,7,11,16H,2,4,6,8-10,12-14H2,1H3/t16-/m0/s1. The lowest BCUT2D eigenvalue weighted by Gasteiger charge is -2.35. The third-order valence-electron chi connectivity index (χ3n) is 4.77. The summed E-state index contributed by atoms with van der Waals surface area (Å²) in [6, 6.07) is 6.52. The number of carbonyl (C=O) groups is 1. The topological polar surface area (TPSA) is 23.6 Å². The van der Waals surface area contributed by atoms with Crippen molar-refractivity contribution in [2.45, 2.75) is 38.8 Å². The van der Waals surface area contributed by atoms with Crippen molar-refractivity contribution in [2.24, 2.45) is 5.92 Å². The molecule has 1 amide bonds. The first-order valence-corrected chi connectivity index (χ1v) is 9.08. The van der Waals surface area contributed by atoms with Crippen LogP contribution in [-0.4, -0.2) is 54.6 Å². The van der Waals surface area contributed by atoms with Gasteiger partial charge in [0.15, 0.2) is 0 Å². The van der Waals surface area contributed by atoms with Crippen molar-refractivity contribution < 1.29 is 22.4 Å². The van der Waals surface area contributed by atoms with E-state index in [1.54, 1.807) is 13.0 Å². The molecular weight excluding hydrogens is 348 g/mol. The molecule has 1 aliphatic rings. The van der Waals surface area contributed by atoms with Gasteiger partial charge >= 0.3 is 6.18 Å². The first-order chi connectivity index (χ1) is 12.3. The average molecular weight is 374 g/mol. The van der Waals surface area contributed by atoms with Gasteiger partial charge in [-0.1, -0.05) is 12.1 Å². The van der Waals surface area contributed by atoms with Crippen molar-refractivity contribution in [1.82, 2.24) is 9.80 Å². The summed E-state index contributed by atoms with van der Waals surface area (Å²) in [5, 5.41) is 0. The second kappa shape index (κ2) is 9.35. The van der Waals surface area contributed by atoms with Crippen molar-refractivity contribution in [1.29, 1.82) is 0 Å². The van der Waals surface area contributed by atoms with Crippen molar-refractivity contribution in [3.63, 3.8) is 0 Å². The maximum atomic E-state index is 13.2. The van der Waals surface area contributed by atoms with Crippen LogP contribution in [0, 0.1) is 11.7 Å². The van der Waals surface area contributed by atoms with Crippen LogP contribution in [0.15, 0.2) is 24.3 Å². The molecule has 1 aromatic carbocycles. The second-order valence-electron chi connectivity index (χ2n) is 6.91. The van der Waals surface area contributed by atoms with Crippen LogP contribution < -0.4 is 0 Å². The molecule has 0 N–H and O–H groups in total. The van der Waals surface area contributed by atoms with E-state index in [9.17, 15) is 22.4 Å². The Morgan fingerprint density at radius 2 is 2.12 bits per heavy atom. The van der Waals surface area contributed by atoms with Gasteiger partial charge in [-0.15, -0.1) is 0 Å². The smallest absolute Gasteiger partial charge is 0.342 e. The number of hydrogen-bond donors (Lipinski definition) is 0. The predicted octanol–water partition coefficient (Wildman–Crippen LogP) is 3.88. The van der Waals surface area contributed by atoms with Gasteiger partial charge in [0.1, 0.15) is 12.2 Å². The molecule has 0 saturated carbocycles. The van der Waals surface area contributed by atoms with Gasteiger partial charge in [0.2, 0.25) is 5.91 Å². The van der Waals surface area contributed by atoms with E-state index < -0.39 is 18.5 Å². The molecule has 0 bridgehead atoms. The molecule has 1 atom stereocenters. The van der Waals surface area contributed by atoms with Crippen LogP contribution in [0.1, 0.15) is 31.7 Å². The van der Waals surface area contributed by atoms with Crippen LogP contribution in [0.2, 0.25) is 0 Å². The summed E-state index contributed by atoms with van der Waals surface area (Å²) < 4.78 is 50.6. The monoisotopic (exact) mass is 374 g/mol. The normalized spacial score (nSPS) is 18.7. The highest BCUT2D eigenvalue weighted by Crippen LogP contribution is 2.23. The van der Waals surface area contributed by atoms with E-state index in [0.29, 0.717) is 6.54 Å². The Morgan fingerprint density at radius 1 is 1.35 bits per heavy atom. The van der Waals surface area contributed by atoms with E-state index >= 15 is 0 Å². The highest BCUT2D eigenvalue weighted by molar-refractivity contribution is 5.76. The summed E-state index contributed by atoms with van der Waals surface area (Å²) in [7, 11) is 0. The summed E-state index contributed by atoms with van der Waals surface area (Å²) in [5.74, 6) is -0.925. The first-order valence-electron chi connectivity index (χ1n) is 9.08. The Bertz CT molecular complexity index is 591. The molecule has 1 aliphatic heterocycles. The number of likely N-dealkylation sites (tertiary alicyclic amines) is 1. The number of nitrogens with zero attached hydrogens (tertiary/aromatic N) is 2. The molecule has 0 aliphatic carbocycles. The van der Waals surface area contributed by atoms with Gasteiger partial charge in [0.25, 0.3) is 0 Å². The number of halogens is 4. The first kappa shape index (κ1) is 20.7. The number of piperidine rings is 1. The third-order valence-corrected chi connectivity index (χ3v) is 4.77. The van der Waals surface area contributed by atoms with Gasteiger partial charge in [0.05, 0.1) is 0 Å². The van der Waals surface area contributed by atoms with Crippen LogP contribution in [0.4, 0.5) is 17.6 Å². The van der Waals surface area contributed by atoms with Crippen LogP contribution in [0.5, 0.6) is 0 Å². The fourth-order valence-electron chi connectivity index (χ4n) is 3.49. The molecule has 2 rings (SSSR count). The molecule has 0 unspecified atom stereocenters. The highest BCUT2D eigenvalue weighted by atomic mass is 19.4. The van der Waals surface area contributed by atoms with Crippen LogP contribution in [0.25, 0.3) is 0 Å². The zero-order valence-electron chi connectivity index (χ0n) is 15.1. The number of alkyl halides is 3. The Labute approximate surface area is 152 Å². The zero-order chi connectivity index (χ0) is 19.2. The quantitative estimate of drug-likeness (QED) is 0.676. The van der Waals surface area contributed by atoms with Crippen LogP contribution in [-0.2, 0) is 11.2 Å². The average Bonchev–Trinajstić information content (AvgIpc) is 2.57. The van der Waals surface area contributed by atoms with E-state index in [1.807, 2.05) is 6.07 Å². The number of hydrogen-bond acceptors (Lipinski definition) is 2. The number of amides is 1. The van der Waals surface area contributed by atoms with Crippen molar-refractivity contribution in [3.8, 4) is 0 Å². The van der Waals surface area contributed by atoms with Crippen LogP contribution >= 0.6 is 0 Å². The molecule has 1 saturated heterocycles. The van der Waals surface area contributed by atoms with Gasteiger partial charge in [0, 0.05) is 26.2 Å². The minimum atomic E-state index is -4.46. The zero-order valence-corrected chi connectivity index (χ0v) is 15.1. The second-order valence-corrected chi connectivity index (χ2v) is 6.91. The highest BCUT2D eigenvalue weighted by Gasteiger charge is 2.34. The summed E-state index contributed by atoms with van der Waals surface area (Å²) in [4.78, 5) is 15.4. The Balaban J connectivity index is 1.83. The molecule has 3 nitrogen and oxygen atoms in total. The van der Waals surface area contributed by atoms with Crippen molar-refractivity contribution in [2.75, 3.05) is 32.7 Å². The van der Waals surface area contributed by atoms with Gasteiger partial charge in [-0.2, -0.15) is 13.2 Å². The largest absolute Gasteiger partial charge is 0.397 e. The molecule has 7 heteroatoms. The van der Waals surface area contributed by atoms with Crippen LogP contribution in [0.3, 0.4) is 0 Å².